The van der Waals surface area contributed by atoms with Crippen LogP contribution in [0.1, 0.15) is 44.1 Å². The highest BCUT2D eigenvalue weighted by Crippen LogP contribution is 2.19. The van der Waals surface area contributed by atoms with Crippen LogP contribution < -0.4 is 5.32 Å². The zero-order chi connectivity index (χ0) is 13.2. The summed E-state index contributed by atoms with van der Waals surface area (Å²) < 4.78 is 4.32. The van der Waals surface area contributed by atoms with Crippen LogP contribution in [0.25, 0.3) is 0 Å². The van der Waals surface area contributed by atoms with E-state index in [-0.39, 0.29) is 0 Å². The van der Waals surface area contributed by atoms with Crippen LogP contribution in [0.3, 0.4) is 0 Å². The molecule has 0 saturated heterocycles. The summed E-state index contributed by atoms with van der Waals surface area (Å²) in [6, 6.07) is 1.17. The van der Waals surface area contributed by atoms with Gasteiger partial charge < -0.3 is 14.5 Å². The van der Waals surface area contributed by atoms with Crippen LogP contribution >= 0.6 is 0 Å². The molecule has 1 aliphatic carbocycles. The maximum atomic E-state index is 4.44. The second-order valence-electron chi connectivity index (χ2n) is 5.58. The topological polar surface area (TPSA) is 47.7 Å². The summed E-state index contributed by atoms with van der Waals surface area (Å²) in [7, 11) is 0. The predicted molar refractivity (Wildman–Crippen MR) is 73.8 cm³/mol. The van der Waals surface area contributed by atoms with Gasteiger partial charge in [0.15, 0.2) is 0 Å². The lowest BCUT2D eigenvalue weighted by Crippen LogP contribution is -2.15. The highest BCUT2D eigenvalue weighted by Gasteiger charge is 2.20. The van der Waals surface area contributed by atoms with E-state index in [4.69, 9.17) is 0 Å². The normalized spacial score (nSPS) is 15.3. The van der Waals surface area contributed by atoms with Crippen LogP contribution in [0, 0.1) is 0 Å². The lowest BCUT2D eigenvalue weighted by molar-refractivity contribution is 0.561. The Balaban J connectivity index is 1.63. The average Bonchev–Trinajstić information content (AvgIpc) is 2.91. The van der Waals surface area contributed by atoms with Crippen molar-refractivity contribution in [3.05, 3.63) is 36.4 Å². The van der Waals surface area contributed by atoms with E-state index in [0.717, 1.165) is 24.8 Å². The van der Waals surface area contributed by atoms with Crippen molar-refractivity contribution in [2.24, 2.45) is 0 Å². The predicted octanol–water partition coefficient (Wildman–Crippen LogP) is 1.96. The van der Waals surface area contributed by atoms with E-state index in [1.54, 1.807) is 0 Å². The fourth-order valence-electron chi connectivity index (χ4n) is 2.23. The Labute approximate surface area is 113 Å². The molecule has 19 heavy (non-hydrogen) atoms. The van der Waals surface area contributed by atoms with Gasteiger partial charge in [-0.3, -0.25) is 0 Å². The van der Waals surface area contributed by atoms with Crippen LogP contribution in [0.15, 0.2) is 25.0 Å². The van der Waals surface area contributed by atoms with Crippen molar-refractivity contribution in [3.8, 4) is 0 Å². The van der Waals surface area contributed by atoms with Gasteiger partial charge in [-0.15, -0.1) is 0 Å². The van der Waals surface area contributed by atoms with Crippen molar-refractivity contribution in [3.63, 3.8) is 0 Å². The zero-order valence-electron chi connectivity index (χ0n) is 11.6. The summed E-state index contributed by atoms with van der Waals surface area (Å²) in [4.78, 5) is 8.67. The Bertz CT molecular complexity index is 536. The van der Waals surface area contributed by atoms with E-state index >= 15 is 0 Å². The Morgan fingerprint density at radius 3 is 2.95 bits per heavy atom. The summed E-state index contributed by atoms with van der Waals surface area (Å²) in [5, 5.41) is 3.48. The molecule has 0 unspecified atom stereocenters. The third kappa shape index (κ3) is 3.04. The Hall–Kier alpha value is -1.62. The molecular formula is C14H21N5. The van der Waals surface area contributed by atoms with Gasteiger partial charge in [-0.25, -0.2) is 9.97 Å². The molecule has 0 bridgehead atoms. The molecule has 0 radical (unpaired) electrons. The monoisotopic (exact) mass is 259 g/mol. The summed E-state index contributed by atoms with van der Waals surface area (Å²) >= 11 is 0. The molecule has 1 aliphatic rings. The lowest BCUT2D eigenvalue weighted by atomic mass is 10.3. The molecule has 2 heterocycles. The Morgan fingerprint density at radius 1 is 1.37 bits per heavy atom. The van der Waals surface area contributed by atoms with Crippen molar-refractivity contribution in [2.45, 2.75) is 51.9 Å². The molecule has 0 atom stereocenters. The number of nitrogens with zero attached hydrogens (tertiary/aromatic N) is 4. The van der Waals surface area contributed by atoms with Gasteiger partial charge in [-0.2, -0.15) is 0 Å². The van der Waals surface area contributed by atoms with Crippen molar-refractivity contribution in [1.82, 2.24) is 24.4 Å². The van der Waals surface area contributed by atoms with E-state index in [0.29, 0.717) is 6.04 Å². The molecule has 2 aromatic rings. The van der Waals surface area contributed by atoms with Gasteiger partial charge in [0, 0.05) is 31.0 Å². The molecular weight excluding hydrogens is 238 g/mol. The van der Waals surface area contributed by atoms with Gasteiger partial charge in [-0.05, 0) is 26.7 Å². The minimum atomic E-state index is 0.442. The smallest absolute Gasteiger partial charge is 0.0953 e. The van der Waals surface area contributed by atoms with Crippen molar-refractivity contribution in [1.29, 1.82) is 0 Å². The van der Waals surface area contributed by atoms with Crippen molar-refractivity contribution in [2.75, 3.05) is 0 Å². The van der Waals surface area contributed by atoms with Crippen LogP contribution in [0.2, 0.25) is 0 Å². The van der Waals surface area contributed by atoms with E-state index in [2.05, 4.69) is 44.5 Å². The molecule has 3 rings (SSSR count). The zero-order valence-corrected chi connectivity index (χ0v) is 11.6. The number of imidazole rings is 2. The van der Waals surface area contributed by atoms with Crippen LogP contribution in [0.5, 0.6) is 0 Å². The second-order valence-corrected chi connectivity index (χ2v) is 5.58. The maximum Gasteiger partial charge on any atom is 0.0953 e. The first-order valence-corrected chi connectivity index (χ1v) is 6.97. The lowest BCUT2D eigenvalue weighted by Gasteiger charge is -2.11. The van der Waals surface area contributed by atoms with Gasteiger partial charge in [0.2, 0.25) is 0 Å². The van der Waals surface area contributed by atoms with E-state index in [1.165, 1.54) is 18.5 Å². The minimum absolute atomic E-state index is 0.442. The fourth-order valence-corrected chi connectivity index (χ4v) is 2.23. The van der Waals surface area contributed by atoms with Gasteiger partial charge in [-0.1, -0.05) is 0 Å². The summed E-state index contributed by atoms with van der Waals surface area (Å²) in [5.41, 5.74) is 2.33. The van der Waals surface area contributed by atoms with Crippen LogP contribution in [-0.4, -0.2) is 25.1 Å². The SMILES string of the molecule is CC(C)n1cncc1Cn1cnc(CNC2CC2)c1. The average molecular weight is 259 g/mol. The highest BCUT2D eigenvalue weighted by molar-refractivity contribution is 5.04. The maximum absolute atomic E-state index is 4.44. The molecule has 1 fully saturated rings. The molecule has 5 nitrogen and oxygen atoms in total. The highest BCUT2D eigenvalue weighted by atomic mass is 15.1. The van der Waals surface area contributed by atoms with Gasteiger partial charge in [0.1, 0.15) is 0 Å². The van der Waals surface area contributed by atoms with Crippen LogP contribution in [0.4, 0.5) is 0 Å². The molecule has 0 amide bonds. The molecule has 0 aromatic carbocycles. The van der Waals surface area contributed by atoms with Crippen molar-refractivity contribution >= 4 is 0 Å². The van der Waals surface area contributed by atoms with Gasteiger partial charge in [0.25, 0.3) is 0 Å². The molecule has 1 N–H and O–H groups in total. The number of hydrogen-bond acceptors (Lipinski definition) is 3. The summed E-state index contributed by atoms with van der Waals surface area (Å²) in [6.45, 7) is 6.05. The largest absolute Gasteiger partial charge is 0.331 e. The Kier molecular flexibility index (Phi) is 3.38. The molecule has 5 heteroatoms. The molecule has 0 aliphatic heterocycles. The second kappa shape index (κ2) is 5.17. The molecule has 102 valence electrons. The van der Waals surface area contributed by atoms with E-state index < -0.39 is 0 Å². The van der Waals surface area contributed by atoms with E-state index in [1.807, 2.05) is 18.9 Å². The molecule has 1 saturated carbocycles. The minimum Gasteiger partial charge on any atom is -0.331 e. The summed E-state index contributed by atoms with van der Waals surface area (Å²) in [6.07, 6.45) is 10.5. The third-order valence-electron chi connectivity index (χ3n) is 3.48. The first-order chi connectivity index (χ1) is 9.22. The number of rotatable bonds is 6. The third-order valence-corrected chi connectivity index (χ3v) is 3.48. The molecule has 0 spiro atoms. The number of hydrogen-bond donors (Lipinski definition) is 1. The fraction of sp³-hybridized carbons (Fsp3) is 0.571. The van der Waals surface area contributed by atoms with Gasteiger partial charge >= 0.3 is 0 Å². The number of nitrogens with one attached hydrogen (secondary N) is 1. The molecule has 2 aromatic heterocycles. The van der Waals surface area contributed by atoms with Crippen LogP contribution in [-0.2, 0) is 13.1 Å². The van der Waals surface area contributed by atoms with Crippen molar-refractivity contribution < 1.29 is 0 Å². The Morgan fingerprint density at radius 2 is 2.21 bits per heavy atom. The standard InChI is InChI=1S/C14H21N5/c1-11(2)19-9-15-6-14(19)8-18-7-13(17-10-18)5-16-12-3-4-12/h6-7,9-12,16H,3-5,8H2,1-2H3. The number of aromatic nitrogens is 4. The van der Waals surface area contributed by atoms with E-state index in [9.17, 15) is 0 Å². The first-order valence-electron chi connectivity index (χ1n) is 6.97. The summed E-state index contributed by atoms with van der Waals surface area (Å²) in [5.74, 6) is 0. The first kappa shape index (κ1) is 12.4. The quantitative estimate of drug-likeness (QED) is 0.862. The van der Waals surface area contributed by atoms with Gasteiger partial charge in [0.05, 0.1) is 30.6 Å².